The van der Waals surface area contributed by atoms with Gasteiger partial charge in [-0.05, 0) is 110 Å². The minimum absolute atomic E-state index is 0.000463. The Labute approximate surface area is 310 Å². The number of likely N-dealkylation sites (N-methyl/N-ethyl adjacent to an activating group) is 2. The standard InChI is InChI=1S/C42H48N2O9/c1-43-14-12-28-23-36(47-3)37-25-32(28)33(43)21-27-8-11-31(42(46)51-19-18-50-17-16-45)35(22-27)52-30-9-6-26(7-10-30)20-34-39-29(13-15-44(34)2)24-38(48-4)40(49-5)41(39)53-37/h6-11,22-25,33-34,45H,12-21H2,1-5H3/t33-,34+/m1/s1. The number of esters is 1. The number of rotatable bonds is 9. The number of carbonyl (C=O) groups is 1. The average molecular weight is 725 g/mol. The van der Waals surface area contributed by atoms with Gasteiger partial charge in [0.25, 0.3) is 0 Å². The van der Waals surface area contributed by atoms with Gasteiger partial charge in [0.15, 0.2) is 23.0 Å². The molecule has 4 heterocycles. The zero-order chi connectivity index (χ0) is 37.1. The fourth-order valence-corrected chi connectivity index (χ4v) is 7.73. The molecule has 6 bridgehead atoms. The Balaban J connectivity index is 1.37. The summed E-state index contributed by atoms with van der Waals surface area (Å²) in [6.45, 7) is 2.07. The number of benzene rings is 4. The number of ether oxygens (including phenoxy) is 7. The minimum Gasteiger partial charge on any atom is -0.493 e. The number of methoxy groups -OCH3 is 3. The van der Waals surface area contributed by atoms with E-state index in [-0.39, 0.29) is 38.5 Å². The number of aliphatic hydroxyl groups excluding tert-OH is 1. The molecule has 0 unspecified atom stereocenters. The van der Waals surface area contributed by atoms with E-state index in [4.69, 9.17) is 38.3 Å². The zero-order valence-corrected chi connectivity index (χ0v) is 31.1. The molecule has 0 saturated carbocycles. The first-order valence-electron chi connectivity index (χ1n) is 18.1. The molecule has 0 saturated heterocycles. The van der Waals surface area contributed by atoms with Gasteiger partial charge in [-0.1, -0.05) is 18.2 Å². The summed E-state index contributed by atoms with van der Waals surface area (Å²) in [5, 5.41) is 9.00. The number of nitrogens with zero attached hydrogens (tertiary/aromatic N) is 2. The summed E-state index contributed by atoms with van der Waals surface area (Å²) in [4.78, 5) is 18.0. The smallest absolute Gasteiger partial charge is 0.342 e. The number of carbonyl (C=O) groups excluding carboxylic acids is 1. The molecular formula is C42H48N2O9. The summed E-state index contributed by atoms with van der Waals surface area (Å²) in [7, 11) is 9.26. The van der Waals surface area contributed by atoms with Crippen LogP contribution in [0.15, 0.2) is 60.7 Å². The first kappa shape index (κ1) is 36.5. The highest BCUT2D eigenvalue weighted by molar-refractivity contribution is 5.92. The van der Waals surface area contributed by atoms with Crippen LogP contribution in [-0.4, -0.2) is 95.8 Å². The lowest BCUT2D eigenvalue weighted by atomic mass is 9.87. The van der Waals surface area contributed by atoms with E-state index in [1.54, 1.807) is 27.4 Å². The van der Waals surface area contributed by atoms with Crippen molar-refractivity contribution in [2.24, 2.45) is 0 Å². The molecule has 4 aromatic carbocycles. The van der Waals surface area contributed by atoms with E-state index in [0.717, 1.165) is 53.7 Å². The van der Waals surface area contributed by atoms with E-state index in [2.05, 4.69) is 54.2 Å². The van der Waals surface area contributed by atoms with Crippen LogP contribution in [0.3, 0.4) is 0 Å². The quantitative estimate of drug-likeness (QED) is 0.155. The van der Waals surface area contributed by atoms with Crippen LogP contribution in [0.5, 0.6) is 40.2 Å². The summed E-state index contributed by atoms with van der Waals surface area (Å²) >= 11 is 0. The predicted molar refractivity (Wildman–Crippen MR) is 199 cm³/mol. The van der Waals surface area contributed by atoms with Crippen molar-refractivity contribution in [3.63, 3.8) is 0 Å². The Hall–Kier alpha value is -4.81. The number of hydrogen-bond acceptors (Lipinski definition) is 11. The van der Waals surface area contributed by atoms with Crippen molar-refractivity contribution in [3.8, 4) is 40.2 Å². The van der Waals surface area contributed by atoms with Crippen molar-refractivity contribution in [1.82, 2.24) is 9.80 Å². The van der Waals surface area contributed by atoms with E-state index in [9.17, 15) is 4.79 Å². The van der Waals surface area contributed by atoms with Crippen LogP contribution in [0.25, 0.3) is 0 Å². The molecule has 0 amide bonds. The van der Waals surface area contributed by atoms with Crippen molar-refractivity contribution < 1.29 is 43.1 Å². The summed E-state index contributed by atoms with van der Waals surface area (Å²) < 4.78 is 42.2. The second-order valence-electron chi connectivity index (χ2n) is 13.8. The molecule has 4 aromatic rings. The highest BCUT2D eigenvalue weighted by Gasteiger charge is 2.34. The normalized spacial score (nSPS) is 18.2. The fraction of sp³-hybridized carbons (Fsp3) is 0.405. The van der Waals surface area contributed by atoms with Gasteiger partial charge in [-0.15, -0.1) is 0 Å². The number of aliphatic hydroxyl groups is 1. The molecule has 1 N–H and O–H groups in total. The lowest BCUT2D eigenvalue weighted by Gasteiger charge is -2.37. The van der Waals surface area contributed by atoms with Gasteiger partial charge in [0.1, 0.15) is 23.7 Å². The molecular weight excluding hydrogens is 676 g/mol. The van der Waals surface area contributed by atoms with Crippen molar-refractivity contribution >= 4 is 5.97 Å². The van der Waals surface area contributed by atoms with E-state index in [1.165, 1.54) is 5.56 Å². The Kier molecular flexibility index (Phi) is 11.1. The van der Waals surface area contributed by atoms with Gasteiger partial charge in [-0.25, -0.2) is 4.79 Å². The molecule has 53 heavy (non-hydrogen) atoms. The van der Waals surface area contributed by atoms with Crippen LogP contribution in [0, 0.1) is 0 Å². The Morgan fingerprint density at radius 3 is 2.19 bits per heavy atom. The SMILES string of the molecule is COc1cc2c3cc1Oc1c(OC)c(OC)cc4c1[C@H](Cc1ccc(cc1)Oc1cc(ccc1C(=O)OCCOCCO)C[C@H]3N(C)CC2)N(C)CC4. The first-order valence-corrected chi connectivity index (χ1v) is 18.1. The molecule has 4 aliphatic heterocycles. The van der Waals surface area contributed by atoms with Crippen molar-refractivity contribution in [1.29, 1.82) is 0 Å². The van der Waals surface area contributed by atoms with Crippen LogP contribution in [-0.2, 0) is 35.2 Å². The molecule has 8 rings (SSSR count). The molecule has 0 spiro atoms. The van der Waals surface area contributed by atoms with Gasteiger partial charge < -0.3 is 38.3 Å². The lowest BCUT2D eigenvalue weighted by molar-refractivity contribution is 0.0256. The molecule has 280 valence electrons. The van der Waals surface area contributed by atoms with Gasteiger partial charge in [-0.2, -0.15) is 0 Å². The third kappa shape index (κ3) is 7.52. The average Bonchev–Trinajstić information content (AvgIpc) is 3.17. The van der Waals surface area contributed by atoms with E-state index in [1.807, 2.05) is 24.3 Å². The summed E-state index contributed by atoms with van der Waals surface area (Å²) in [5.74, 6) is 3.57. The van der Waals surface area contributed by atoms with Crippen molar-refractivity contribution in [2.75, 3.05) is 74.9 Å². The summed E-state index contributed by atoms with van der Waals surface area (Å²) in [6.07, 6.45) is 3.05. The van der Waals surface area contributed by atoms with E-state index < -0.39 is 5.97 Å². The predicted octanol–water partition coefficient (Wildman–Crippen LogP) is 6.32. The monoisotopic (exact) mass is 724 g/mol. The summed E-state index contributed by atoms with van der Waals surface area (Å²) in [5.41, 5.74) is 6.99. The van der Waals surface area contributed by atoms with Crippen LogP contribution < -0.4 is 23.7 Å². The molecule has 0 aromatic heterocycles. The van der Waals surface area contributed by atoms with Gasteiger partial charge in [-0.3, -0.25) is 9.80 Å². The van der Waals surface area contributed by atoms with E-state index >= 15 is 0 Å². The number of fused-ring (bicyclic) bond motifs is 2. The maximum absolute atomic E-state index is 13.3. The third-order valence-corrected chi connectivity index (χ3v) is 10.6. The lowest BCUT2D eigenvalue weighted by Crippen LogP contribution is -2.34. The van der Waals surface area contributed by atoms with Crippen molar-refractivity contribution in [3.05, 3.63) is 99.6 Å². The van der Waals surface area contributed by atoms with Crippen molar-refractivity contribution in [2.45, 2.75) is 37.8 Å². The minimum atomic E-state index is -0.506. The van der Waals surface area contributed by atoms with Gasteiger partial charge in [0.05, 0.1) is 41.2 Å². The first-order chi connectivity index (χ1) is 25.8. The van der Waals surface area contributed by atoms with Gasteiger partial charge in [0.2, 0.25) is 5.75 Å². The molecule has 4 aliphatic rings. The molecule has 11 heteroatoms. The van der Waals surface area contributed by atoms with E-state index in [0.29, 0.717) is 58.7 Å². The Morgan fingerprint density at radius 2 is 1.45 bits per heavy atom. The summed E-state index contributed by atoms with van der Waals surface area (Å²) in [6, 6.07) is 19.9. The molecule has 0 aliphatic carbocycles. The van der Waals surface area contributed by atoms with Crippen LogP contribution in [0.1, 0.15) is 55.8 Å². The Morgan fingerprint density at radius 1 is 0.755 bits per heavy atom. The second-order valence-corrected chi connectivity index (χ2v) is 13.8. The molecule has 0 radical (unpaired) electrons. The molecule has 11 nitrogen and oxygen atoms in total. The maximum Gasteiger partial charge on any atom is 0.342 e. The molecule has 0 fully saturated rings. The number of hydrogen-bond donors (Lipinski definition) is 1. The highest BCUT2D eigenvalue weighted by Crippen LogP contribution is 2.51. The topological polar surface area (TPSA) is 108 Å². The zero-order valence-electron chi connectivity index (χ0n) is 31.1. The Bertz CT molecular complexity index is 1950. The second kappa shape index (κ2) is 16.1. The van der Waals surface area contributed by atoms with Gasteiger partial charge in [0, 0.05) is 30.7 Å². The van der Waals surface area contributed by atoms with Crippen LogP contribution in [0.4, 0.5) is 0 Å². The maximum atomic E-state index is 13.3. The highest BCUT2D eigenvalue weighted by atomic mass is 16.6. The fourth-order valence-electron chi connectivity index (χ4n) is 7.73. The van der Waals surface area contributed by atoms with Crippen LogP contribution >= 0.6 is 0 Å². The van der Waals surface area contributed by atoms with Crippen LogP contribution in [0.2, 0.25) is 0 Å². The largest absolute Gasteiger partial charge is 0.493 e. The van der Waals surface area contributed by atoms with Gasteiger partial charge >= 0.3 is 5.97 Å². The third-order valence-electron chi connectivity index (χ3n) is 10.6. The molecule has 2 atom stereocenters.